The van der Waals surface area contributed by atoms with Gasteiger partial charge in [0.2, 0.25) is 0 Å². The first-order valence-corrected chi connectivity index (χ1v) is 4.98. The van der Waals surface area contributed by atoms with Crippen LogP contribution in [0.25, 0.3) is 0 Å². The van der Waals surface area contributed by atoms with Crippen LogP contribution in [-0.4, -0.2) is 27.7 Å². The minimum atomic E-state index is -2.13. The first-order valence-electron chi connectivity index (χ1n) is 3.73. The average Bonchev–Trinajstić information content (AvgIpc) is 2.05. The Kier molecular flexibility index (Phi) is 6.38. The van der Waals surface area contributed by atoms with Gasteiger partial charge < -0.3 is 9.29 Å². The second-order valence-electron chi connectivity index (χ2n) is 2.95. The van der Waals surface area contributed by atoms with E-state index in [4.69, 9.17) is 10.00 Å². The van der Waals surface area contributed by atoms with Gasteiger partial charge in [0.25, 0.3) is 0 Å². The third kappa shape index (κ3) is 4.07. The van der Waals surface area contributed by atoms with Crippen LogP contribution in [0.1, 0.15) is 12.8 Å². The molecule has 13 heavy (non-hydrogen) atoms. The monoisotopic (exact) mass is 211 g/mol. The first-order chi connectivity index (χ1) is 5.68. The van der Waals surface area contributed by atoms with Gasteiger partial charge in [-0.2, -0.15) is 5.26 Å². The van der Waals surface area contributed by atoms with Gasteiger partial charge in [0.1, 0.15) is 0 Å². The summed E-state index contributed by atoms with van der Waals surface area (Å²) in [5.41, 5.74) is -0.690. The Labute approximate surface area is 102 Å². The smallest absolute Gasteiger partial charge is 0.772 e. The summed E-state index contributed by atoms with van der Waals surface area (Å²) in [4.78, 5) is 0. The summed E-state index contributed by atoms with van der Waals surface area (Å²) >= 11 is -2.13. The predicted octanol–water partition coefficient (Wildman–Crippen LogP) is -2.81. The maximum absolute atomic E-state index is 10.4. The molecule has 0 radical (unpaired) electrons. The molecule has 0 amide bonds. The molecule has 4 nitrogen and oxygen atoms in total. The Morgan fingerprint density at radius 3 is 2.46 bits per heavy atom. The SMILES string of the molecule is N#CC1(CS(=O)[O-])CCOCC1.[Na+]. The van der Waals surface area contributed by atoms with Crippen LogP contribution in [0.15, 0.2) is 0 Å². The molecular weight excluding hydrogens is 201 g/mol. The molecule has 68 valence electrons. The molecule has 1 aliphatic heterocycles. The van der Waals surface area contributed by atoms with Crippen molar-refractivity contribution in [3.63, 3.8) is 0 Å². The van der Waals surface area contributed by atoms with Gasteiger partial charge in [-0.3, -0.25) is 4.21 Å². The second kappa shape index (κ2) is 6.12. The van der Waals surface area contributed by atoms with Crippen molar-refractivity contribution >= 4 is 11.1 Å². The normalized spacial score (nSPS) is 22.5. The molecule has 0 aliphatic carbocycles. The Morgan fingerprint density at radius 2 is 2.08 bits per heavy atom. The molecule has 1 atom stereocenters. The summed E-state index contributed by atoms with van der Waals surface area (Å²) < 4.78 is 25.9. The second-order valence-corrected chi connectivity index (χ2v) is 3.85. The Hall–Kier alpha value is 0.560. The largest absolute Gasteiger partial charge is 1.00 e. The minimum Gasteiger partial charge on any atom is -0.772 e. The molecule has 0 spiro atoms. The maximum Gasteiger partial charge on any atom is 1.00 e. The zero-order chi connectivity index (χ0) is 9.03. The molecule has 0 bridgehead atoms. The van der Waals surface area contributed by atoms with E-state index in [1.807, 2.05) is 0 Å². The van der Waals surface area contributed by atoms with Crippen molar-refractivity contribution in [2.24, 2.45) is 5.41 Å². The summed E-state index contributed by atoms with van der Waals surface area (Å²) in [6.07, 6.45) is 1.05. The van der Waals surface area contributed by atoms with Crippen molar-refractivity contribution in [1.29, 1.82) is 5.26 Å². The van der Waals surface area contributed by atoms with Gasteiger partial charge in [-0.25, -0.2) is 0 Å². The molecule has 0 saturated carbocycles. The summed E-state index contributed by atoms with van der Waals surface area (Å²) in [5.74, 6) is -0.0626. The van der Waals surface area contributed by atoms with Gasteiger partial charge in [-0.05, 0) is 12.8 Å². The summed E-state index contributed by atoms with van der Waals surface area (Å²) in [5, 5.41) is 8.81. The fraction of sp³-hybridized carbons (Fsp3) is 0.857. The van der Waals surface area contributed by atoms with Crippen LogP contribution >= 0.6 is 0 Å². The number of rotatable bonds is 2. The van der Waals surface area contributed by atoms with Crippen LogP contribution in [0.2, 0.25) is 0 Å². The number of hydrogen-bond acceptors (Lipinski definition) is 4. The number of ether oxygens (including phenoxy) is 1. The number of nitriles is 1. The van der Waals surface area contributed by atoms with Crippen molar-refractivity contribution in [2.45, 2.75) is 12.8 Å². The van der Waals surface area contributed by atoms with Crippen LogP contribution in [0.3, 0.4) is 0 Å². The fourth-order valence-corrected chi connectivity index (χ4v) is 2.08. The van der Waals surface area contributed by atoms with E-state index in [0.29, 0.717) is 26.1 Å². The molecule has 0 N–H and O–H groups in total. The fourth-order valence-electron chi connectivity index (χ4n) is 1.28. The molecule has 1 heterocycles. The van der Waals surface area contributed by atoms with E-state index in [2.05, 4.69) is 6.07 Å². The van der Waals surface area contributed by atoms with E-state index >= 15 is 0 Å². The maximum atomic E-state index is 10.4. The molecule has 6 heteroatoms. The predicted molar refractivity (Wildman–Crippen MR) is 41.9 cm³/mol. The molecule has 1 unspecified atom stereocenters. The Balaban J connectivity index is 0.00000144. The Bertz CT molecular complexity index is 222. The molecule has 1 saturated heterocycles. The van der Waals surface area contributed by atoms with E-state index in [1.54, 1.807) is 0 Å². The molecule has 1 fully saturated rings. The van der Waals surface area contributed by atoms with Gasteiger partial charge in [0.15, 0.2) is 0 Å². The third-order valence-electron chi connectivity index (χ3n) is 2.08. The zero-order valence-corrected chi connectivity index (χ0v) is 10.4. The molecule has 0 aromatic carbocycles. The van der Waals surface area contributed by atoms with Gasteiger partial charge in [0.05, 0.1) is 11.5 Å². The van der Waals surface area contributed by atoms with Gasteiger partial charge in [-0.1, -0.05) is 11.1 Å². The molecular formula is C7H10NNaO3S. The van der Waals surface area contributed by atoms with E-state index in [1.165, 1.54) is 0 Å². The topological polar surface area (TPSA) is 73.2 Å². The van der Waals surface area contributed by atoms with Gasteiger partial charge in [0, 0.05) is 19.0 Å². The number of nitrogens with zero attached hydrogens (tertiary/aromatic N) is 1. The summed E-state index contributed by atoms with van der Waals surface area (Å²) in [7, 11) is 0. The average molecular weight is 211 g/mol. The molecule has 1 aliphatic rings. The van der Waals surface area contributed by atoms with Crippen molar-refractivity contribution in [3.05, 3.63) is 0 Å². The molecule has 0 aromatic heterocycles. The van der Waals surface area contributed by atoms with E-state index in [9.17, 15) is 8.76 Å². The van der Waals surface area contributed by atoms with Crippen LogP contribution in [0.5, 0.6) is 0 Å². The summed E-state index contributed by atoms with van der Waals surface area (Å²) in [6.45, 7) is 0.982. The van der Waals surface area contributed by atoms with Crippen molar-refractivity contribution < 1.29 is 43.1 Å². The quantitative estimate of drug-likeness (QED) is 0.365. The van der Waals surface area contributed by atoms with Crippen molar-refractivity contribution in [3.8, 4) is 6.07 Å². The molecule has 1 rings (SSSR count). The van der Waals surface area contributed by atoms with Crippen LogP contribution < -0.4 is 29.6 Å². The third-order valence-corrected chi connectivity index (χ3v) is 2.87. The standard InChI is InChI=1S/C7H11NO3S.Na/c8-5-7(6-12(9)10)1-3-11-4-2-7;/h1-4,6H2,(H,9,10);/q;+1/p-1. The minimum absolute atomic E-state index is 0. The number of hydrogen-bond donors (Lipinski definition) is 0. The van der Waals surface area contributed by atoms with Crippen molar-refractivity contribution in [2.75, 3.05) is 19.0 Å². The Morgan fingerprint density at radius 1 is 1.54 bits per heavy atom. The van der Waals surface area contributed by atoms with Crippen LogP contribution in [0, 0.1) is 16.7 Å². The van der Waals surface area contributed by atoms with E-state index in [-0.39, 0.29) is 35.3 Å². The first kappa shape index (κ1) is 13.6. The van der Waals surface area contributed by atoms with Gasteiger partial charge >= 0.3 is 29.6 Å². The van der Waals surface area contributed by atoms with Gasteiger partial charge in [-0.15, -0.1) is 0 Å². The zero-order valence-electron chi connectivity index (χ0n) is 7.62. The molecule has 0 aromatic rings. The van der Waals surface area contributed by atoms with Crippen molar-refractivity contribution in [1.82, 2.24) is 0 Å². The van der Waals surface area contributed by atoms with Crippen LogP contribution in [-0.2, 0) is 15.8 Å². The summed E-state index contributed by atoms with van der Waals surface area (Å²) in [6, 6.07) is 2.08. The van der Waals surface area contributed by atoms with Crippen LogP contribution in [0.4, 0.5) is 0 Å². The van der Waals surface area contributed by atoms with E-state index < -0.39 is 16.5 Å². The van der Waals surface area contributed by atoms with E-state index in [0.717, 1.165) is 0 Å².